The van der Waals surface area contributed by atoms with Gasteiger partial charge in [0.05, 0.1) is 5.69 Å². The highest BCUT2D eigenvalue weighted by Crippen LogP contribution is 2.28. The molecular formula is C12H11N3O2S. The zero-order valence-electron chi connectivity index (χ0n) is 9.47. The maximum Gasteiger partial charge on any atom is 0.257 e. The number of nitrogens with zero attached hydrogens (tertiary/aromatic N) is 1. The van der Waals surface area contributed by atoms with Crippen molar-refractivity contribution >= 4 is 28.1 Å². The summed E-state index contributed by atoms with van der Waals surface area (Å²) in [6.45, 7) is 1.40. The van der Waals surface area contributed by atoms with E-state index in [0.717, 1.165) is 12.2 Å². The number of amides is 1. The van der Waals surface area contributed by atoms with Gasteiger partial charge in [-0.05, 0) is 18.2 Å². The Kier molecular flexibility index (Phi) is 2.85. The van der Waals surface area contributed by atoms with Crippen molar-refractivity contribution in [1.29, 1.82) is 0 Å². The van der Waals surface area contributed by atoms with Gasteiger partial charge >= 0.3 is 0 Å². The molecule has 0 saturated carbocycles. The molecule has 6 heteroatoms. The van der Waals surface area contributed by atoms with Gasteiger partial charge in [-0.3, -0.25) is 10.1 Å². The average Bonchev–Trinajstić information content (AvgIpc) is 2.91. The lowest BCUT2D eigenvalue weighted by atomic mass is 10.1. The minimum Gasteiger partial charge on any atom is -0.490 e. The number of fused-ring (bicyclic) bond motifs is 1. The van der Waals surface area contributed by atoms with Crippen molar-refractivity contribution in [2.24, 2.45) is 0 Å². The molecule has 1 aliphatic rings. The Bertz CT molecular complexity index is 569. The predicted molar refractivity (Wildman–Crippen MR) is 70.5 cm³/mol. The first-order valence-electron chi connectivity index (χ1n) is 5.54. The van der Waals surface area contributed by atoms with Crippen molar-refractivity contribution in [3.05, 3.63) is 35.3 Å². The Morgan fingerprint density at radius 3 is 3.28 bits per heavy atom. The topological polar surface area (TPSA) is 63.2 Å². The molecule has 18 heavy (non-hydrogen) atoms. The summed E-state index contributed by atoms with van der Waals surface area (Å²) in [5.74, 6) is 0.537. The molecule has 2 aromatic rings. The molecule has 1 aliphatic heterocycles. The summed E-state index contributed by atoms with van der Waals surface area (Å²) in [4.78, 5) is 16.0. The molecule has 0 aliphatic carbocycles. The quantitative estimate of drug-likeness (QED) is 0.870. The van der Waals surface area contributed by atoms with Gasteiger partial charge in [-0.15, -0.1) is 11.3 Å². The second-order valence-corrected chi connectivity index (χ2v) is 4.67. The van der Waals surface area contributed by atoms with Crippen molar-refractivity contribution in [2.75, 3.05) is 23.8 Å². The molecule has 5 nitrogen and oxygen atoms in total. The molecule has 0 unspecified atom stereocenters. The molecule has 2 heterocycles. The number of thiazole rings is 1. The van der Waals surface area contributed by atoms with Gasteiger partial charge in [0.15, 0.2) is 5.13 Å². The maximum atomic E-state index is 12.0. The summed E-state index contributed by atoms with van der Waals surface area (Å²) in [5.41, 5.74) is 1.49. The predicted octanol–water partition coefficient (Wildman–Crippen LogP) is 2.20. The Morgan fingerprint density at radius 1 is 1.50 bits per heavy atom. The van der Waals surface area contributed by atoms with Crippen molar-refractivity contribution in [3.63, 3.8) is 0 Å². The molecule has 0 spiro atoms. The van der Waals surface area contributed by atoms with Crippen LogP contribution in [0, 0.1) is 0 Å². The number of ether oxygens (including phenoxy) is 1. The van der Waals surface area contributed by atoms with Crippen LogP contribution in [0.25, 0.3) is 0 Å². The van der Waals surface area contributed by atoms with E-state index in [0.29, 0.717) is 23.1 Å². The lowest BCUT2D eigenvalue weighted by molar-refractivity contribution is 0.102. The third-order valence-corrected chi connectivity index (χ3v) is 3.26. The largest absolute Gasteiger partial charge is 0.490 e. The van der Waals surface area contributed by atoms with E-state index in [2.05, 4.69) is 15.6 Å². The van der Waals surface area contributed by atoms with Crippen molar-refractivity contribution in [3.8, 4) is 5.75 Å². The van der Waals surface area contributed by atoms with Crippen LogP contribution in [0.15, 0.2) is 29.8 Å². The van der Waals surface area contributed by atoms with Gasteiger partial charge in [0.1, 0.15) is 12.4 Å². The number of rotatable bonds is 2. The van der Waals surface area contributed by atoms with E-state index in [-0.39, 0.29) is 5.91 Å². The fourth-order valence-electron chi connectivity index (χ4n) is 1.73. The fourth-order valence-corrected chi connectivity index (χ4v) is 2.25. The van der Waals surface area contributed by atoms with Gasteiger partial charge < -0.3 is 10.1 Å². The third kappa shape index (κ3) is 2.14. The van der Waals surface area contributed by atoms with Gasteiger partial charge in [0.25, 0.3) is 5.91 Å². The molecule has 1 amide bonds. The standard InChI is InChI=1S/C12H11N3O2S/c16-11(15-12-14-4-6-18-12)8-1-2-9-10(7-8)17-5-3-13-9/h1-2,4,6-7,13H,3,5H2,(H,14,15,16). The minimum atomic E-state index is -0.179. The van der Waals surface area contributed by atoms with Crippen LogP contribution in [0.1, 0.15) is 10.4 Å². The zero-order valence-corrected chi connectivity index (χ0v) is 10.3. The first-order valence-corrected chi connectivity index (χ1v) is 6.42. The molecule has 2 N–H and O–H groups in total. The molecule has 0 radical (unpaired) electrons. The average molecular weight is 261 g/mol. The number of carbonyl (C=O) groups excluding carboxylic acids is 1. The number of hydrogen-bond donors (Lipinski definition) is 2. The van der Waals surface area contributed by atoms with Gasteiger partial charge in [0, 0.05) is 23.7 Å². The van der Waals surface area contributed by atoms with Crippen LogP contribution in [0.3, 0.4) is 0 Å². The van der Waals surface area contributed by atoms with Crippen LogP contribution in [-0.4, -0.2) is 24.0 Å². The first kappa shape index (κ1) is 11.0. The lowest BCUT2D eigenvalue weighted by Crippen LogP contribution is -2.19. The second kappa shape index (κ2) is 4.66. The van der Waals surface area contributed by atoms with Crippen molar-refractivity contribution in [2.45, 2.75) is 0 Å². The van der Waals surface area contributed by atoms with Gasteiger partial charge in [-0.1, -0.05) is 0 Å². The summed E-state index contributed by atoms with van der Waals surface area (Å²) in [6, 6.07) is 5.36. The maximum absolute atomic E-state index is 12.0. The lowest BCUT2D eigenvalue weighted by Gasteiger charge is -2.19. The number of hydrogen-bond acceptors (Lipinski definition) is 5. The van der Waals surface area contributed by atoms with Crippen LogP contribution in [-0.2, 0) is 0 Å². The highest BCUT2D eigenvalue weighted by molar-refractivity contribution is 7.13. The minimum absolute atomic E-state index is 0.179. The Labute approximate surface area is 108 Å². The number of carbonyl (C=O) groups is 1. The summed E-state index contributed by atoms with van der Waals surface area (Å²) in [5, 5.41) is 8.35. The molecule has 0 bridgehead atoms. The summed E-state index contributed by atoms with van der Waals surface area (Å²) < 4.78 is 5.49. The number of benzene rings is 1. The van der Waals surface area contributed by atoms with Crippen LogP contribution in [0.2, 0.25) is 0 Å². The van der Waals surface area contributed by atoms with Gasteiger partial charge in [0.2, 0.25) is 0 Å². The van der Waals surface area contributed by atoms with E-state index in [4.69, 9.17) is 4.74 Å². The highest BCUT2D eigenvalue weighted by Gasteiger charge is 2.14. The fraction of sp³-hybridized carbons (Fsp3) is 0.167. The van der Waals surface area contributed by atoms with E-state index < -0.39 is 0 Å². The second-order valence-electron chi connectivity index (χ2n) is 3.78. The van der Waals surface area contributed by atoms with Crippen molar-refractivity contribution < 1.29 is 9.53 Å². The van der Waals surface area contributed by atoms with Gasteiger partial charge in [-0.2, -0.15) is 0 Å². The normalized spacial score (nSPS) is 13.1. The summed E-state index contributed by atoms with van der Waals surface area (Å²) in [7, 11) is 0. The van der Waals surface area contributed by atoms with Crippen molar-refractivity contribution in [1.82, 2.24) is 4.98 Å². The molecular weight excluding hydrogens is 250 g/mol. The van der Waals surface area contributed by atoms with E-state index in [1.54, 1.807) is 18.3 Å². The molecule has 0 fully saturated rings. The number of anilines is 2. The molecule has 1 aromatic carbocycles. The Hall–Kier alpha value is -2.08. The summed E-state index contributed by atoms with van der Waals surface area (Å²) >= 11 is 1.39. The molecule has 0 saturated heterocycles. The third-order valence-electron chi connectivity index (χ3n) is 2.57. The summed E-state index contributed by atoms with van der Waals surface area (Å²) in [6.07, 6.45) is 1.65. The smallest absolute Gasteiger partial charge is 0.257 e. The number of nitrogens with one attached hydrogen (secondary N) is 2. The van der Waals surface area contributed by atoms with Crippen LogP contribution in [0.4, 0.5) is 10.8 Å². The van der Waals surface area contributed by atoms with E-state index in [1.807, 2.05) is 11.4 Å². The van der Waals surface area contributed by atoms with Gasteiger partial charge in [-0.25, -0.2) is 4.98 Å². The molecule has 3 rings (SSSR count). The molecule has 0 atom stereocenters. The first-order chi connectivity index (χ1) is 8.83. The van der Waals surface area contributed by atoms with Crippen LogP contribution < -0.4 is 15.4 Å². The molecule has 1 aromatic heterocycles. The highest BCUT2D eigenvalue weighted by atomic mass is 32.1. The molecule has 92 valence electrons. The van der Waals surface area contributed by atoms with E-state index >= 15 is 0 Å². The van der Waals surface area contributed by atoms with Crippen LogP contribution in [0.5, 0.6) is 5.75 Å². The monoisotopic (exact) mass is 261 g/mol. The van der Waals surface area contributed by atoms with E-state index in [9.17, 15) is 4.79 Å². The zero-order chi connectivity index (χ0) is 12.4. The SMILES string of the molecule is O=C(Nc1nccs1)c1ccc2c(c1)OCCN2. The van der Waals surface area contributed by atoms with Crippen LogP contribution >= 0.6 is 11.3 Å². The van der Waals surface area contributed by atoms with E-state index in [1.165, 1.54) is 11.3 Å². The Morgan fingerprint density at radius 2 is 2.44 bits per heavy atom. The Balaban J connectivity index is 1.81. The number of aromatic nitrogens is 1.